The van der Waals surface area contributed by atoms with Crippen LogP contribution in [0, 0.1) is 6.92 Å². The molecule has 1 atom stereocenters. The van der Waals surface area contributed by atoms with Gasteiger partial charge in [-0.15, -0.1) is 0 Å². The molecule has 3 rings (SSSR count). The van der Waals surface area contributed by atoms with Crippen molar-refractivity contribution in [3.8, 4) is 5.75 Å². The molecule has 0 amide bonds. The molecular formula is C18H25N3O4S. The normalized spacial score (nSPS) is 16.3. The van der Waals surface area contributed by atoms with Gasteiger partial charge in [0.2, 0.25) is 0 Å². The number of methoxy groups -OCH3 is 1. The van der Waals surface area contributed by atoms with Crippen molar-refractivity contribution in [3.05, 3.63) is 46.8 Å². The Hall–Kier alpha value is -1.90. The summed E-state index contributed by atoms with van der Waals surface area (Å²) < 4.78 is 29.9. The van der Waals surface area contributed by atoms with Gasteiger partial charge in [-0.25, -0.2) is 8.42 Å². The first-order valence-electron chi connectivity index (χ1n) is 8.53. The fourth-order valence-electron chi connectivity index (χ4n) is 3.31. The van der Waals surface area contributed by atoms with Crippen LogP contribution in [0.3, 0.4) is 0 Å². The van der Waals surface area contributed by atoms with E-state index < -0.39 is 15.9 Å². The fourth-order valence-corrected chi connectivity index (χ4v) is 4.05. The Morgan fingerprint density at radius 3 is 2.73 bits per heavy atom. The molecule has 0 unspecified atom stereocenters. The highest BCUT2D eigenvalue weighted by atomic mass is 32.2. The van der Waals surface area contributed by atoms with Crippen LogP contribution in [-0.4, -0.2) is 53.9 Å². The van der Waals surface area contributed by atoms with E-state index >= 15 is 0 Å². The molecule has 0 radical (unpaired) electrons. The number of rotatable bonds is 6. The highest BCUT2D eigenvalue weighted by Gasteiger charge is 2.23. The van der Waals surface area contributed by atoms with E-state index in [9.17, 15) is 13.5 Å². The first-order chi connectivity index (χ1) is 12.2. The molecule has 26 heavy (non-hydrogen) atoms. The number of aliphatic hydroxyl groups is 1. The van der Waals surface area contributed by atoms with Gasteiger partial charge in [-0.3, -0.25) is 9.58 Å². The Morgan fingerprint density at radius 2 is 2.08 bits per heavy atom. The molecule has 0 bridgehead atoms. The van der Waals surface area contributed by atoms with Gasteiger partial charge in [-0.2, -0.15) is 5.10 Å². The van der Waals surface area contributed by atoms with Crippen molar-refractivity contribution in [1.82, 2.24) is 14.7 Å². The molecule has 0 fully saturated rings. The predicted octanol–water partition coefficient (Wildman–Crippen LogP) is 1.29. The van der Waals surface area contributed by atoms with Crippen molar-refractivity contribution >= 4 is 9.84 Å². The van der Waals surface area contributed by atoms with Crippen LogP contribution < -0.4 is 4.74 Å². The molecule has 8 heteroatoms. The first-order valence-corrected chi connectivity index (χ1v) is 10.6. The zero-order chi connectivity index (χ0) is 18.9. The quantitative estimate of drug-likeness (QED) is 0.814. The van der Waals surface area contributed by atoms with Crippen molar-refractivity contribution in [2.24, 2.45) is 0 Å². The summed E-state index contributed by atoms with van der Waals surface area (Å²) in [5.41, 5.74) is 3.74. The summed E-state index contributed by atoms with van der Waals surface area (Å²) in [5.74, 6) is 0.577. The summed E-state index contributed by atoms with van der Waals surface area (Å²) in [7, 11) is -1.58. The van der Waals surface area contributed by atoms with Gasteiger partial charge >= 0.3 is 0 Å². The van der Waals surface area contributed by atoms with Gasteiger partial charge in [-0.05, 0) is 30.2 Å². The third kappa shape index (κ3) is 4.44. The molecule has 1 aliphatic heterocycles. The fraction of sp³-hybridized carbons (Fsp3) is 0.500. The number of ether oxygens (including phenoxy) is 1. The van der Waals surface area contributed by atoms with E-state index in [4.69, 9.17) is 4.74 Å². The van der Waals surface area contributed by atoms with Gasteiger partial charge in [0.15, 0.2) is 0 Å². The summed E-state index contributed by atoms with van der Waals surface area (Å²) >= 11 is 0. The van der Waals surface area contributed by atoms with E-state index in [1.807, 2.05) is 17.7 Å². The number of fused-ring (bicyclic) bond motifs is 1. The van der Waals surface area contributed by atoms with Crippen molar-refractivity contribution < 1.29 is 18.3 Å². The van der Waals surface area contributed by atoms with Crippen molar-refractivity contribution in [2.75, 3.05) is 25.7 Å². The molecule has 1 aromatic carbocycles. The largest absolute Gasteiger partial charge is 0.496 e. The highest BCUT2D eigenvalue weighted by Crippen LogP contribution is 2.23. The number of aromatic nitrogens is 2. The molecule has 2 aromatic rings. The van der Waals surface area contributed by atoms with Gasteiger partial charge in [0.1, 0.15) is 21.7 Å². The van der Waals surface area contributed by atoms with E-state index in [0.29, 0.717) is 12.2 Å². The van der Waals surface area contributed by atoms with Gasteiger partial charge in [0.25, 0.3) is 0 Å². The topological polar surface area (TPSA) is 84.7 Å². The van der Waals surface area contributed by atoms with Crippen LogP contribution >= 0.6 is 0 Å². The van der Waals surface area contributed by atoms with E-state index in [-0.39, 0.29) is 5.75 Å². The Morgan fingerprint density at radius 1 is 1.31 bits per heavy atom. The lowest BCUT2D eigenvalue weighted by molar-refractivity contribution is 0.191. The molecule has 7 nitrogen and oxygen atoms in total. The minimum absolute atomic E-state index is 0.307. The van der Waals surface area contributed by atoms with Gasteiger partial charge < -0.3 is 9.84 Å². The highest BCUT2D eigenvalue weighted by molar-refractivity contribution is 7.90. The number of nitrogens with zero attached hydrogens (tertiary/aromatic N) is 3. The van der Waals surface area contributed by atoms with Crippen molar-refractivity contribution in [3.63, 3.8) is 0 Å². The van der Waals surface area contributed by atoms with Crippen molar-refractivity contribution in [2.45, 2.75) is 32.7 Å². The molecule has 1 aromatic heterocycles. The molecule has 1 N–H and O–H groups in total. The maximum atomic E-state index is 11.4. The second-order valence-corrected chi connectivity index (χ2v) is 9.09. The zero-order valence-electron chi connectivity index (χ0n) is 15.3. The van der Waals surface area contributed by atoms with E-state index in [1.54, 1.807) is 13.2 Å². The van der Waals surface area contributed by atoms with Crippen LogP contribution in [-0.2, 0) is 29.5 Å². The average Bonchev–Trinajstić information content (AvgIpc) is 2.97. The second-order valence-electron chi connectivity index (χ2n) is 6.91. The summed E-state index contributed by atoms with van der Waals surface area (Å²) in [5, 5.41) is 14.5. The maximum Gasteiger partial charge on any atom is 0.150 e. The Balaban J connectivity index is 1.69. The lowest BCUT2D eigenvalue weighted by Gasteiger charge is -2.27. The summed E-state index contributed by atoms with van der Waals surface area (Å²) in [6, 6.07) is 7.99. The molecule has 0 saturated carbocycles. The van der Waals surface area contributed by atoms with E-state index in [0.717, 1.165) is 42.9 Å². The lowest BCUT2D eigenvalue weighted by atomic mass is 10.1. The molecular weight excluding hydrogens is 354 g/mol. The standard InChI is InChI=1S/C18H25N3O4S/c1-13-8-14(4-5-18(13)25-2)10-20-6-7-21-15(11-20)9-16(19-21)17(22)12-26(3,23)24/h4-5,8-9,17,22H,6-7,10-12H2,1-3H3/t17-/m0/s1. The average molecular weight is 379 g/mol. The third-order valence-corrected chi connectivity index (χ3v) is 5.48. The molecule has 0 saturated heterocycles. The van der Waals surface area contributed by atoms with Crippen LogP contribution in [0.1, 0.15) is 28.6 Å². The summed E-state index contributed by atoms with van der Waals surface area (Å²) in [4.78, 5) is 2.31. The Kier molecular flexibility index (Phi) is 5.36. The van der Waals surface area contributed by atoms with Crippen LogP contribution in [0.2, 0.25) is 0 Å². The van der Waals surface area contributed by atoms with Gasteiger partial charge in [0, 0.05) is 25.9 Å². The van der Waals surface area contributed by atoms with Crippen LogP contribution in [0.25, 0.3) is 0 Å². The third-order valence-electron chi connectivity index (χ3n) is 4.56. The second kappa shape index (κ2) is 7.38. The number of hydrogen-bond donors (Lipinski definition) is 1. The molecule has 1 aliphatic rings. The van der Waals surface area contributed by atoms with Crippen molar-refractivity contribution in [1.29, 1.82) is 0 Å². The minimum atomic E-state index is -3.25. The smallest absolute Gasteiger partial charge is 0.150 e. The predicted molar refractivity (Wildman–Crippen MR) is 98.7 cm³/mol. The zero-order valence-corrected chi connectivity index (χ0v) is 16.2. The molecule has 0 aliphatic carbocycles. The van der Waals surface area contributed by atoms with E-state index in [1.165, 1.54) is 5.56 Å². The van der Waals surface area contributed by atoms with Crippen LogP contribution in [0.5, 0.6) is 5.75 Å². The number of hydrogen-bond acceptors (Lipinski definition) is 6. The SMILES string of the molecule is COc1ccc(CN2CCn3nc([C@@H](O)CS(C)(=O)=O)cc3C2)cc1C. The number of aliphatic hydroxyl groups excluding tert-OH is 1. The minimum Gasteiger partial charge on any atom is -0.496 e. The lowest BCUT2D eigenvalue weighted by Crippen LogP contribution is -2.33. The van der Waals surface area contributed by atoms with Crippen LogP contribution in [0.15, 0.2) is 24.3 Å². The first kappa shape index (κ1) is 18.9. The number of benzene rings is 1. The monoisotopic (exact) mass is 379 g/mol. The van der Waals surface area contributed by atoms with E-state index in [2.05, 4.69) is 22.1 Å². The molecule has 142 valence electrons. The van der Waals surface area contributed by atoms with Gasteiger partial charge in [-0.1, -0.05) is 12.1 Å². The maximum absolute atomic E-state index is 11.4. The summed E-state index contributed by atoms with van der Waals surface area (Å²) in [6.07, 6.45) is 0.0333. The molecule has 0 spiro atoms. The van der Waals surface area contributed by atoms with Crippen LogP contribution in [0.4, 0.5) is 0 Å². The van der Waals surface area contributed by atoms with Gasteiger partial charge in [0.05, 0.1) is 30.8 Å². The summed E-state index contributed by atoms with van der Waals surface area (Å²) in [6.45, 7) is 5.13. The number of aryl methyl sites for hydroxylation is 1. The Labute approximate surface area is 154 Å². The number of sulfone groups is 1. The Bertz CT molecular complexity index is 892. The molecule has 2 heterocycles.